The van der Waals surface area contributed by atoms with Crippen LogP contribution in [0.25, 0.3) is 0 Å². The van der Waals surface area contributed by atoms with Gasteiger partial charge in [-0.1, -0.05) is 26.2 Å². The van der Waals surface area contributed by atoms with Gasteiger partial charge in [0.05, 0.1) is 5.60 Å². The second-order valence-electron chi connectivity index (χ2n) is 3.29. The van der Waals surface area contributed by atoms with Crippen LogP contribution in [-0.4, -0.2) is 23.8 Å². The van der Waals surface area contributed by atoms with E-state index in [9.17, 15) is 5.11 Å². The van der Waals surface area contributed by atoms with E-state index >= 15 is 0 Å². The molecule has 0 spiro atoms. The van der Waals surface area contributed by atoms with Gasteiger partial charge in [0, 0.05) is 13.1 Å². The molecule has 0 saturated carbocycles. The molecule has 0 aromatic carbocycles. The van der Waals surface area contributed by atoms with Crippen molar-refractivity contribution < 1.29 is 5.11 Å². The Bertz CT molecular complexity index is 99.4. The van der Waals surface area contributed by atoms with Crippen LogP contribution in [0.15, 0.2) is 0 Å². The van der Waals surface area contributed by atoms with E-state index in [1.807, 2.05) is 0 Å². The third kappa shape index (κ3) is 1.96. The second-order valence-corrected chi connectivity index (χ2v) is 3.29. The van der Waals surface area contributed by atoms with Crippen molar-refractivity contribution in [2.24, 2.45) is 0 Å². The van der Waals surface area contributed by atoms with Crippen LogP contribution >= 0.6 is 0 Å². The fourth-order valence-electron chi connectivity index (χ4n) is 1.29. The minimum Gasteiger partial charge on any atom is -0.387 e. The molecule has 0 unspecified atom stereocenters. The fraction of sp³-hybridized carbons (Fsp3) is 1.00. The minimum absolute atomic E-state index is 0.338. The van der Waals surface area contributed by atoms with Gasteiger partial charge in [-0.15, -0.1) is 0 Å². The molecular weight excluding hydrogens is 126 g/mol. The summed E-state index contributed by atoms with van der Waals surface area (Å²) in [6, 6.07) is 0. The van der Waals surface area contributed by atoms with Crippen LogP contribution < -0.4 is 5.32 Å². The lowest BCUT2D eigenvalue weighted by Crippen LogP contribution is -2.59. The monoisotopic (exact) mass is 143 g/mol. The molecule has 0 atom stereocenters. The maximum Gasteiger partial charge on any atom is 0.0895 e. The maximum absolute atomic E-state index is 9.57. The predicted octanol–water partition coefficient (Wildman–Crippen LogP) is 0.901. The Labute approximate surface area is 62.6 Å². The normalized spacial score (nSPS) is 22.2. The number of hydrogen-bond donors (Lipinski definition) is 2. The van der Waals surface area contributed by atoms with E-state index in [1.165, 1.54) is 19.3 Å². The van der Waals surface area contributed by atoms with E-state index in [4.69, 9.17) is 0 Å². The van der Waals surface area contributed by atoms with Gasteiger partial charge in [0.1, 0.15) is 0 Å². The first-order chi connectivity index (χ1) is 4.77. The van der Waals surface area contributed by atoms with Crippen molar-refractivity contribution in [3.63, 3.8) is 0 Å². The molecule has 10 heavy (non-hydrogen) atoms. The zero-order valence-corrected chi connectivity index (χ0v) is 6.69. The number of hydrogen-bond acceptors (Lipinski definition) is 2. The third-order valence-corrected chi connectivity index (χ3v) is 2.15. The molecule has 2 heteroatoms. The fourth-order valence-corrected chi connectivity index (χ4v) is 1.29. The highest BCUT2D eigenvalue weighted by molar-refractivity contribution is 4.91. The molecule has 1 fully saturated rings. The van der Waals surface area contributed by atoms with Gasteiger partial charge in [0.25, 0.3) is 0 Å². The molecule has 0 radical (unpaired) electrons. The molecule has 1 saturated heterocycles. The Hall–Kier alpha value is -0.0800. The third-order valence-electron chi connectivity index (χ3n) is 2.15. The molecule has 0 aromatic heterocycles. The number of nitrogens with one attached hydrogen (secondary N) is 1. The lowest BCUT2D eigenvalue weighted by molar-refractivity contribution is -0.0190. The van der Waals surface area contributed by atoms with Crippen molar-refractivity contribution in [3.8, 4) is 0 Å². The Morgan fingerprint density at radius 1 is 1.40 bits per heavy atom. The summed E-state index contributed by atoms with van der Waals surface area (Å²) in [4.78, 5) is 0. The van der Waals surface area contributed by atoms with Crippen molar-refractivity contribution in [2.45, 2.75) is 38.2 Å². The average Bonchev–Trinajstić information content (AvgIpc) is 1.85. The van der Waals surface area contributed by atoms with Crippen molar-refractivity contribution in [2.75, 3.05) is 13.1 Å². The molecule has 0 aromatic rings. The summed E-state index contributed by atoms with van der Waals surface area (Å²) >= 11 is 0. The molecule has 0 aliphatic carbocycles. The minimum atomic E-state index is -0.338. The van der Waals surface area contributed by atoms with Gasteiger partial charge in [-0.25, -0.2) is 0 Å². The Kier molecular flexibility index (Phi) is 2.69. The molecule has 1 heterocycles. The van der Waals surface area contributed by atoms with Crippen LogP contribution in [0.3, 0.4) is 0 Å². The Balaban J connectivity index is 2.01. The Morgan fingerprint density at radius 2 is 2.10 bits per heavy atom. The smallest absolute Gasteiger partial charge is 0.0895 e. The van der Waals surface area contributed by atoms with Crippen LogP contribution in [0.1, 0.15) is 32.6 Å². The molecule has 2 N–H and O–H groups in total. The van der Waals surface area contributed by atoms with E-state index in [0.717, 1.165) is 19.5 Å². The first-order valence-corrected chi connectivity index (χ1v) is 4.20. The van der Waals surface area contributed by atoms with Gasteiger partial charge in [-0.2, -0.15) is 0 Å². The van der Waals surface area contributed by atoms with Gasteiger partial charge >= 0.3 is 0 Å². The van der Waals surface area contributed by atoms with E-state index < -0.39 is 0 Å². The zero-order valence-electron chi connectivity index (χ0n) is 6.69. The summed E-state index contributed by atoms with van der Waals surface area (Å²) in [6.45, 7) is 3.79. The van der Waals surface area contributed by atoms with Gasteiger partial charge < -0.3 is 10.4 Å². The van der Waals surface area contributed by atoms with Crippen molar-refractivity contribution in [3.05, 3.63) is 0 Å². The standard InChI is InChI=1S/C8H17NO/c1-2-3-4-5-8(10)6-9-7-8/h9-10H,2-7H2,1H3. The maximum atomic E-state index is 9.57. The van der Waals surface area contributed by atoms with Crippen LogP contribution in [0.2, 0.25) is 0 Å². The molecular formula is C8H17NO. The van der Waals surface area contributed by atoms with E-state index in [0.29, 0.717) is 0 Å². The lowest BCUT2D eigenvalue weighted by atomic mass is 9.91. The molecule has 1 aliphatic rings. The molecule has 1 aliphatic heterocycles. The van der Waals surface area contributed by atoms with Gasteiger partial charge in [0.15, 0.2) is 0 Å². The molecule has 0 amide bonds. The summed E-state index contributed by atoms with van der Waals surface area (Å²) < 4.78 is 0. The number of rotatable bonds is 4. The number of β-amino-alcohol motifs (C(OH)–C–C–N with tert-alkyl or cyclic N) is 1. The summed E-state index contributed by atoms with van der Waals surface area (Å²) in [5.74, 6) is 0. The van der Waals surface area contributed by atoms with Gasteiger partial charge in [-0.05, 0) is 6.42 Å². The first-order valence-electron chi connectivity index (χ1n) is 4.20. The van der Waals surface area contributed by atoms with E-state index in [2.05, 4.69) is 12.2 Å². The molecule has 60 valence electrons. The predicted molar refractivity (Wildman–Crippen MR) is 42.0 cm³/mol. The van der Waals surface area contributed by atoms with Crippen molar-refractivity contribution in [1.29, 1.82) is 0 Å². The van der Waals surface area contributed by atoms with Crippen molar-refractivity contribution >= 4 is 0 Å². The topological polar surface area (TPSA) is 32.3 Å². The summed E-state index contributed by atoms with van der Waals surface area (Å²) in [7, 11) is 0. The molecule has 1 rings (SSSR count). The van der Waals surface area contributed by atoms with Crippen LogP contribution in [0, 0.1) is 0 Å². The number of aliphatic hydroxyl groups is 1. The van der Waals surface area contributed by atoms with E-state index in [-0.39, 0.29) is 5.60 Å². The van der Waals surface area contributed by atoms with Gasteiger partial charge in [-0.3, -0.25) is 0 Å². The highest BCUT2D eigenvalue weighted by Crippen LogP contribution is 2.18. The highest BCUT2D eigenvalue weighted by atomic mass is 16.3. The Morgan fingerprint density at radius 3 is 2.50 bits per heavy atom. The molecule has 0 bridgehead atoms. The quantitative estimate of drug-likeness (QED) is 0.573. The van der Waals surface area contributed by atoms with Crippen LogP contribution in [0.5, 0.6) is 0 Å². The van der Waals surface area contributed by atoms with Crippen molar-refractivity contribution in [1.82, 2.24) is 5.32 Å². The SMILES string of the molecule is CCCCCC1(O)CNC1. The van der Waals surface area contributed by atoms with Crippen LogP contribution in [-0.2, 0) is 0 Å². The summed E-state index contributed by atoms with van der Waals surface area (Å²) in [6.07, 6.45) is 4.65. The summed E-state index contributed by atoms with van der Waals surface area (Å²) in [5, 5.41) is 12.7. The number of unbranched alkanes of at least 4 members (excludes halogenated alkanes) is 2. The van der Waals surface area contributed by atoms with Gasteiger partial charge in [0.2, 0.25) is 0 Å². The molecule has 2 nitrogen and oxygen atoms in total. The zero-order chi connectivity index (χ0) is 7.45. The second kappa shape index (κ2) is 3.35. The highest BCUT2D eigenvalue weighted by Gasteiger charge is 2.32. The first kappa shape index (κ1) is 8.02. The summed E-state index contributed by atoms with van der Waals surface area (Å²) in [5.41, 5.74) is -0.338. The lowest BCUT2D eigenvalue weighted by Gasteiger charge is -2.37. The van der Waals surface area contributed by atoms with E-state index in [1.54, 1.807) is 0 Å². The van der Waals surface area contributed by atoms with Crippen LogP contribution in [0.4, 0.5) is 0 Å². The largest absolute Gasteiger partial charge is 0.387 e. The average molecular weight is 143 g/mol.